The Bertz CT molecular complexity index is 1300. The van der Waals surface area contributed by atoms with Gasteiger partial charge in [0.05, 0.1) is 11.2 Å². The second kappa shape index (κ2) is 8.75. The largest absolute Gasteiger partial charge is 0.487 e. The summed E-state index contributed by atoms with van der Waals surface area (Å²) in [6.07, 6.45) is 1.84. The molecule has 0 atom stereocenters. The summed E-state index contributed by atoms with van der Waals surface area (Å²) in [5.41, 5.74) is 5.36. The lowest BCUT2D eigenvalue weighted by atomic mass is 10.0. The van der Waals surface area contributed by atoms with E-state index >= 15 is 0 Å². The lowest BCUT2D eigenvalue weighted by Gasteiger charge is -2.09. The molecule has 1 N–H and O–H groups in total. The van der Waals surface area contributed by atoms with Crippen LogP contribution < -0.4 is 4.74 Å². The van der Waals surface area contributed by atoms with Gasteiger partial charge >= 0.3 is 0 Å². The topological polar surface area (TPSA) is 76.6 Å². The van der Waals surface area contributed by atoms with Crippen molar-refractivity contribution >= 4 is 10.9 Å². The Kier molecular flexibility index (Phi) is 5.35. The van der Waals surface area contributed by atoms with Gasteiger partial charge in [0, 0.05) is 10.9 Å². The number of hydrogen-bond donors (Lipinski definition) is 1. The van der Waals surface area contributed by atoms with E-state index in [4.69, 9.17) is 4.74 Å². The van der Waals surface area contributed by atoms with Crippen LogP contribution in [0.1, 0.15) is 16.8 Å². The van der Waals surface area contributed by atoms with Crippen LogP contribution in [0.5, 0.6) is 5.75 Å². The van der Waals surface area contributed by atoms with E-state index in [1.54, 1.807) is 0 Å². The molecule has 0 amide bonds. The van der Waals surface area contributed by atoms with E-state index in [-0.39, 0.29) is 0 Å². The van der Waals surface area contributed by atoms with Crippen molar-refractivity contribution in [3.05, 3.63) is 102 Å². The van der Waals surface area contributed by atoms with Gasteiger partial charge in [-0.1, -0.05) is 54.6 Å². The monoisotopic (exact) mass is 407 g/mol. The summed E-state index contributed by atoms with van der Waals surface area (Å²) in [6, 6.07) is 28.7. The van der Waals surface area contributed by atoms with Gasteiger partial charge in [-0.05, 0) is 64.7 Å². The van der Waals surface area contributed by atoms with Crippen molar-refractivity contribution in [3.8, 4) is 17.1 Å². The van der Waals surface area contributed by atoms with Crippen molar-refractivity contribution in [2.45, 2.75) is 19.4 Å². The molecule has 3 aromatic carbocycles. The first-order valence-electron chi connectivity index (χ1n) is 10.2. The van der Waals surface area contributed by atoms with Gasteiger partial charge in [-0.15, -0.1) is 5.10 Å². The number of ether oxygens (including phenoxy) is 1. The number of tetrazole rings is 1. The lowest BCUT2D eigenvalue weighted by Crippen LogP contribution is -1.99. The molecule has 31 heavy (non-hydrogen) atoms. The average Bonchev–Trinajstić information content (AvgIpc) is 3.37. The van der Waals surface area contributed by atoms with Crippen molar-refractivity contribution in [2.75, 3.05) is 0 Å². The number of aryl methyl sites for hydroxylation is 2. The van der Waals surface area contributed by atoms with Gasteiger partial charge in [0.2, 0.25) is 0 Å². The third kappa shape index (κ3) is 4.59. The van der Waals surface area contributed by atoms with E-state index in [1.807, 2.05) is 48.5 Å². The number of nitrogens with one attached hydrogen (secondary N) is 1. The van der Waals surface area contributed by atoms with Crippen molar-refractivity contribution in [1.82, 2.24) is 25.6 Å². The minimum atomic E-state index is 0.446. The third-order valence-corrected chi connectivity index (χ3v) is 5.19. The van der Waals surface area contributed by atoms with Crippen LogP contribution in [0.15, 0.2) is 84.9 Å². The first-order chi connectivity index (χ1) is 15.3. The van der Waals surface area contributed by atoms with E-state index < -0.39 is 0 Å². The van der Waals surface area contributed by atoms with Crippen LogP contribution in [0.3, 0.4) is 0 Å². The standard InChI is InChI=1S/C25H21N5O/c1-2-10-24-20(7-1)13-14-22(26-24)17-31-23-9-4-6-19(16-23)12-11-18-5-3-8-21(15-18)25-27-29-30-28-25/h1-10,13-16H,11-12,17H2,(H,27,28,29,30). The summed E-state index contributed by atoms with van der Waals surface area (Å²) < 4.78 is 6.01. The van der Waals surface area contributed by atoms with Crippen LogP contribution in [0.4, 0.5) is 0 Å². The van der Waals surface area contributed by atoms with Crippen LogP contribution >= 0.6 is 0 Å². The number of rotatable bonds is 7. The highest BCUT2D eigenvalue weighted by Gasteiger charge is 2.05. The molecule has 0 aliphatic carbocycles. The minimum Gasteiger partial charge on any atom is -0.487 e. The Balaban J connectivity index is 1.22. The second-order valence-corrected chi connectivity index (χ2v) is 7.38. The summed E-state index contributed by atoms with van der Waals surface area (Å²) in [6.45, 7) is 0.446. The maximum Gasteiger partial charge on any atom is 0.179 e. The predicted molar refractivity (Wildman–Crippen MR) is 120 cm³/mol. The number of para-hydroxylation sites is 1. The van der Waals surface area contributed by atoms with Crippen LogP contribution in [0.2, 0.25) is 0 Å². The molecular formula is C25H21N5O. The molecule has 2 heterocycles. The third-order valence-electron chi connectivity index (χ3n) is 5.19. The summed E-state index contributed by atoms with van der Waals surface area (Å²) in [5, 5.41) is 15.2. The van der Waals surface area contributed by atoms with Gasteiger partial charge < -0.3 is 4.74 Å². The summed E-state index contributed by atoms with van der Waals surface area (Å²) in [7, 11) is 0. The number of aromatic nitrogens is 5. The fourth-order valence-corrected chi connectivity index (χ4v) is 3.58. The Labute approximate surface area is 179 Å². The fraction of sp³-hybridized carbons (Fsp3) is 0.120. The molecule has 5 rings (SSSR count). The van der Waals surface area contributed by atoms with Gasteiger partial charge in [0.25, 0.3) is 0 Å². The first kappa shape index (κ1) is 18.9. The van der Waals surface area contributed by atoms with E-state index in [0.717, 1.165) is 40.8 Å². The molecule has 0 saturated heterocycles. The van der Waals surface area contributed by atoms with Gasteiger partial charge in [-0.25, -0.2) is 10.1 Å². The summed E-state index contributed by atoms with van der Waals surface area (Å²) >= 11 is 0. The Morgan fingerprint density at radius 3 is 2.48 bits per heavy atom. The smallest absolute Gasteiger partial charge is 0.179 e. The molecule has 6 nitrogen and oxygen atoms in total. The van der Waals surface area contributed by atoms with Gasteiger partial charge in [0.15, 0.2) is 5.82 Å². The number of nitrogens with zero attached hydrogens (tertiary/aromatic N) is 4. The van der Waals surface area contributed by atoms with Gasteiger partial charge in [0.1, 0.15) is 12.4 Å². The Morgan fingerprint density at radius 2 is 1.61 bits per heavy atom. The molecule has 2 aromatic heterocycles. The minimum absolute atomic E-state index is 0.446. The van der Waals surface area contributed by atoms with Crippen LogP contribution in [0, 0.1) is 0 Å². The molecule has 0 fully saturated rings. The maximum atomic E-state index is 6.01. The molecule has 0 bridgehead atoms. The van der Waals surface area contributed by atoms with Crippen molar-refractivity contribution < 1.29 is 4.74 Å². The highest BCUT2D eigenvalue weighted by Crippen LogP contribution is 2.20. The molecule has 5 aromatic rings. The quantitative estimate of drug-likeness (QED) is 0.420. The average molecular weight is 407 g/mol. The molecule has 0 unspecified atom stereocenters. The van der Waals surface area contributed by atoms with E-state index in [0.29, 0.717) is 12.4 Å². The molecule has 0 radical (unpaired) electrons. The molecule has 0 spiro atoms. The van der Waals surface area contributed by atoms with Crippen molar-refractivity contribution in [3.63, 3.8) is 0 Å². The first-order valence-corrected chi connectivity index (χ1v) is 10.2. The summed E-state index contributed by atoms with van der Waals surface area (Å²) in [4.78, 5) is 4.68. The molecular weight excluding hydrogens is 386 g/mol. The number of fused-ring (bicyclic) bond motifs is 1. The normalized spacial score (nSPS) is 11.0. The van der Waals surface area contributed by atoms with Crippen molar-refractivity contribution in [1.29, 1.82) is 0 Å². The Hall–Kier alpha value is -4.06. The van der Waals surface area contributed by atoms with Crippen LogP contribution in [0.25, 0.3) is 22.3 Å². The zero-order chi connectivity index (χ0) is 20.9. The number of pyridine rings is 1. The number of H-pyrrole nitrogens is 1. The molecule has 6 heteroatoms. The number of hydrogen-bond acceptors (Lipinski definition) is 5. The summed E-state index contributed by atoms with van der Waals surface area (Å²) in [5.74, 6) is 1.54. The number of aromatic amines is 1. The van der Waals surface area contributed by atoms with Gasteiger partial charge in [-0.2, -0.15) is 0 Å². The highest BCUT2D eigenvalue weighted by molar-refractivity contribution is 5.78. The van der Waals surface area contributed by atoms with E-state index in [2.05, 4.69) is 62.0 Å². The van der Waals surface area contributed by atoms with Crippen LogP contribution in [-0.4, -0.2) is 25.6 Å². The molecule has 152 valence electrons. The van der Waals surface area contributed by atoms with Crippen molar-refractivity contribution in [2.24, 2.45) is 0 Å². The van der Waals surface area contributed by atoms with E-state index in [9.17, 15) is 0 Å². The zero-order valence-corrected chi connectivity index (χ0v) is 16.9. The second-order valence-electron chi connectivity index (χ2n) is 7.38. The van der Waals surface area contributed by atoms with Gasteiger partial charge in [-0.3, -0.25) is 0 Å². The van der Waals surface area contributed by atoms with Crippen LogP contribution in [-0.2, 0) is 19.4 Å². The maximum absolute atomic E-state index is 6.01. The predicted octanol–water partition coefficient (Wildman–Crippen LogP) is 4.78. The zero-order valence-electron chi connectivity index (χ0n) is 16.9. The highest BCUT2D eigenvalue weighted by atomic mass is 16.5. The molecule has 0 aliphatic heterocycles. The SMILES string of the molecule is c1cc(CCc2cccc(-c3nnn[nH]3)c2)cc(OCc2ccc3ccccc3n2)c1. The molecule has 0 aliphatic rings. The Morgan fingerprint density at radius 1 is 0.774 bits per heavy atom. The van der Waals surface area contributed by atoms with E-state index in [1.165, 1.54) is 11.1 Å². The lowest BCUT2D eigenvalue weighted by molar-refractivity contribution is 0.301. The molecule has 0 saturated carbocycles. The number of benzene rings is 3. The fourth-order valence-electron chi connectivity index (χ4n) is 3.58.